The van der Waals surface area contributed by atoms with Crippen molar-refractivity contribution in [1.82, 2.24) is 20.2 Å². The van der Waals surface area contributed by atoms with Crippen LogP contribution in [0.1, 0.15) is 81.0 Å². The second-order valence-electron chi connectivity index (χ2n) is 8.19. The van der Waals surface area contributed by atoms with Crippen molar-refractivity contribution < 1.29 is 4.79 Å². The summed E-state index contributed by atoms with van der Waals surface area (Å²) in [6, 6.07) is 2.58. The summed E-state index contributed by atoms with van der Waals surface area (Å²) in [7, 11) is 0. The Bertz CT molecular complexity index is 680. The van der Waals surface area contributed by atoms with Crippen LogP contribution in [0.2, 0.25) is 0 Å². The highest BCUT2D eigenvalue weighted by molar-refractivity contribution is 14.0. The third kappa shape index (κ3) is 4.48. The summed E-state index contributed by atoms with van der Waals surface area (Å²) in [6.07, 6.45) is 11.5. The van der Waals surface area contributed by atoms with Gasteiger partial charge in [0, 0.05) is 5.69 Å². The number of hydrogen-bond donors (Lipinski definition) is 2. The lowest BCUT2D eigenvalue weighted by atomic mass is 9.83. The number of aromatic nitrogens is 2. The van der Waals surface area contributed by atoms with Gasteiger partial charge in [-0.2, -0.15) is 5.26 Å². The van der Waals surface area contributed by atoms with Gasteiger partial charge in [-0.05, 0) is 57.9 Å². The van der Waals surface area contributed by atoms with Crippen LogP contribution in [-0.2, 0) is 17.6 Å². The minimum Gasteiger partial charge on any atom is -0.344 e. The standard InChI is InChI=1S/C20H29N5O.HI/c21-14-20(10-4-1-5-11-20)24-18(26)13-25-12-6-9-17(25)19-22-15-7-2-3-8-16(15)23-19;/h17H,1-13H2,(H,22,23)(H,24,26);1H. The number of nitrogens with zero attached hydrogens (tertiary/aromatic N) is 3. The van der Waals surface area contributed by atoms with Crippen LogP contribution in [0.4, 0.5) is 0 Å². The van der Waals surface area contributed by atoms with Gasteiger partial charge in [0.2, 0.25) is 5.91 Å². The summed E-state index contributed by atoms with van der Waals surface area (Å²) in [6.45, 7) is 1.28. The highest BCUT2D eigenvalue weighted by atomic mass is 127. The maximum absolute atomic E-state index is 12.7. The first-order valence-electron chi connectivity index (χ1n) is 10.2. The molecule has 4 rings (SSSR count). The lowest BCUT2D eigenvalue weighted by molar-refractivity contribution is -0.124. The molecule has 2 fully saturated rings. The lowest BCUT2D eigenvalue weighted by Crippen LogP contribution is -2.51. The summed E-state index contributed by atoms with van der Waals surface area (Å²) in [5, 5.41) is 12.6. The molecule has 1 saturated heterocycles. The van der Waals surface area contributed by atoms with Gasteiger partial charge in [-0.1, -0.05) is 19.3 Å². The van der Waals surface area contributed by atoms with Gasteiger partial charge in [0.1, 0.15) is 11.4 Å². The zero-order valence-electron chi connectivity index (χ0n) is 15.9. The van der Waals surface area contributed by atoms with E-state index in [4.69, 9.17) is 4.98 Å². The molecule has 1 atom stereocenters. The number of hydrogen-bond acceptors (Lipinski definition) is 4. The number of H-pyrrole nitrogens is 1. The highest BCUT2D eigenvalue weighted by Crippen LogP contribution is 2.32. The van der Waals surface area contributed by atoms with E-state index in [1.54, 1.807) is 0 Å². The molecule has 148 valence electrons. The topological polar surface area (TPSA) is 84.8 Å². The monoisotopic (exact) mass is 483 g/mol. The van der Waals surface area contributed by atoms with Crippen LogP contribution in [0.5, 0.6) is 0 Å². The molecule has 3 aliphatic rings. The van der Waals surface area contributed by atoms with E-state index in [1.807, 2.05) is 0 Å². The average molecular weight is 483 g/mol. The molecule has 2 aliphatic carbocycles. The molecule has 0 aromatic carbocycles. The molecule has 6 nitrogen and oxygen atoms in total. The fraction of sp³-hybridized carbons (Fsp3) is 0.750. The molecule has 1 aromatic rings. The van der Waals surface area contributed by atoms with Gasteiger partial charge in [0.05, 0.1) is 24.3 Å². The Morgan fingerprint density at radius 2 is 2.00 bits per heavy atom. The van der Waals surface area contributed by atoms with Crippen LogP contribution in [0.15, 0.2) is 0 Å². The molecule has 1 amide bonds. The van der Waals surface area contributed by atoms with Crippen LogP contribution in [0.3, 0.4) is 0 Å². The van der Waals surface area contributed by atoms with Gasteiger partial charge < -0.3 is 10.3 Å². The Kier molecular flexibility index (Phi) is 6.79. The number of amides is 1. The second-order valence-corrected chi connectivity index (χ2v) is 8.19. The van der Waals surface area contributed by atoms with Crippen LogP contribution in [0, 0.1) is 11.3 Å². The second kappa shape index (κ2) is 8.91. The molecule has 7 heteroatoms. The smallest absolute Gasteiger partial charge is 0.235 e. The maximum Gasteiger partial charge on any atom is 0.235 e. The largest absolute Gasteiger partial charge is 0.344 e. The SMILES string of the molecule is I.N#CC1(NC(=O)CN2CCCC2c2nc3c([nH]2)CCCC3)CCCCC1. The number of rotatable bonds is 4. The normalized spacial score (nSPS) is 24.5. The summed E-state index contributed by atoms with van der Waals surface area (Å²) in [5.41, 5.74) is 1.88. The molecule has 1 saturated carbocycles. The maximum atomic E-state index is 12.7. The Labute approximate surface area is 178 Å². The third-order valence-corrected chi connectivity index (χ3v) is 6.30. The van der Waals surface area contributed by atoms with E-state index in [1.165, 1.54) is 24.2 Å². The fourth-order valence-corrected chi connectivity index (χ4v) is 4.87. The molecule has 1 aliphatic heterocycles. The predicted molar refractivity (Wildman–Crippen MR) is 114 cm³/mol. The van der Waals surface area contributed by atoms with E-state index in [0.29, 0.717) is 6.54 Å². The summed E-state index contributed by atoms with van der Waals surface area (Å²) in [4.78, 5) is 23.3. The number of nitrogens with one attached hydrogen (secondary N) is 2. The number of fused-ring (bicyclic) bond motifs is 1. The molecule has 0 radical (unpaired) electrons. The molecule has 27 heavy (non-hydrogen) atoms. The molecule has 2 N–H and O–H groups in total. The summed E-state index contributed by atoms with van der Waals surface area (Å²) in [5.74, 6) is 1.02. The van der Waals surface area contributed by atoms with Gasteiger partial charge >= 0.3 is 0 Å². The zero-order valence-corrected chi connectivity index (χ0v) is 18.3. The molecular weight excluding hydrogens is 453 g/mol. The van der Waals surface area contributed by atoms with E-state index in [9.17, 15) is 10.1 Å². The number of aromatic amines is 1. The summed E-state index contributed by atoms with van der Waals surface area (Å²) >= 11 is 0. The van der Waals surface area contributed by atoms with Gasteiger partial charge in [-0.15, -0.1) is 24.0 Å². The van der Waals surface area contributed by atoms with Crippen LogP contribution in [-0.4, -0.2) is 39.4 Å². The minimum absolute atomic E-state index is 0. The Hall–Kier alpha value is -1.14. The quantitative estimate of drug-likeness (QED) is 0.644. The first-order chi connectivity index (χ1) is 12.7. The number of aryl methyl sites for hydroxylation is 2. The number of nitriles is 1. The van der Waals surface area contributed by atoms with Crippen molar-refractivity contribution in [2.24, 2.45) is 0 Å². The average Bonchev–Trinajstić information content (AvgIpc) is 3.28. The fourth-order valence-electron chi connectivity index (χ4n) is 4.87. The summed E-state index contributed by atoms with van der Waals surface area (Å²) < 4.78 is 0. The predicted octanol–water partition coefficient (Wildman–Crippen LogP) is 3.39. The van der Waals surface area contributed by atoms with Crippen molar-refractivity contribution in [3.8, 4) is 6.07 Å². The molecular formula is C20H30IN5O. The zero-order chi connectivity index (χ0) is 18.0. The Balaban J connectivity index is 0.00000210. The van der Waals surface area contributed by atoms with Crippen LogP contribution < -0.4 is 5.32 Å². The molecule has 0 bridgehead atoms. The minimum atomic E-state index is -0.645. The van der Waals surface area contributed by atoms with Crippen LogP contribution in [0.25, 0.3) is 0 Å². The number of likely N-dealkylation sites (tertiary alicyclic amines) is 1. The number of carbonyl (C=O) groups is 1. The van der Waals surface area contributed by atoms with Crippen LogP contribution >= 0.6 is 24.0 Å². The first-order valence-corrected chi connectivity index (χ1v) is 10.2. The van der Waals surface area contributed by atoms with Crippen molar-refractivity contribution in [1.29, 1.82) is 5.26 Å². The van der Waals surface area contributed by atoms with Crippen molar-refractivity contribution in [2.75, 3.05) is 13.1 Å². The van der Waals surface area contributed by atoms with Crippen molar-refractivity contribution >= 4 is 29.9 Å². The number of imidazole rings is 1. The number of halogens is 1. The lowest BCUT2D eigenvalue weighted by Gasteiger charge is -2.32. The Morgan fingerprint density at radius 1 is 1.22 bits per heavy atom. The third-order valence-electron chi connectivity index (χ3n) is 6.30. The van der Waals surface area contributed by atoms with Crippen molar-refractivity contribution in [2.45, 2.75) is 82.2 Å². The van der Waals surface area contributed by atoms with Crippen molar-refractivity contribution in [3.05, 3.63) is 17.2 Å². The molecule has 1 unspecified atom stereocenters. The van der Waals surface area contributed by atoms with Crippen molar-refractivity contribution in [3.63, 3.8) is 0 Å². The highest BCUT2D eigenvalue weighted by Gasteiger charge is 2.36. The van der Waals surface area contributed by atoms with E-state index >= 15 is 0 Å². The van der Waals surface area contributed by atoms with E-state index in [2.05, 4.69) is 21.3 Å². The van der Waals surface area contributed by atoms with Gasteiger partial charge in [0.15, 0.2) is 0 Å². The van der Waals surface area contributed by atoms with E-state index in [-0.39, 0.29) is 35.9 Å². The van der Waals surface area contributed by atoms with E-state index < -0.39 is 5.54 Å². The van der Waals surface area contributed by atoms with Gasteiger partial charge in [-0.25, -0.2) is 4.98 Å². The van der Waals surface area contributed by atoms with E-state index in [0.717, 1.165) is 70.2 Å². The molecule has 1 aromatic heterocycles. The molecule has 2 heterocycles. The van der Waals surface area contributed by atoms with Gasteiger partial charge in [0.25, 0.3) is 0 Å². The first kappa shape index (κ1) is 20.6. The Morgan fingerprint density at radius 3 is 2.74 bits per heavy atom. The van der Waals surface area contributed by atoms with Gasteiger partial charge in [-0.3, -0.25) is 9.69 Å². The molecule has 0 spiro atoms. The number of carbonyl (C=O) groups excluding carboxylic acids is 1.